The molecule has 0 radical (unpaired) electrons. The van der Waals surface area contributed by atoms with Crippen LogP contribution in [-0.2, 0) is 0 Å². The van der Waals surface area contributed by atoms with Gasteiger partial charge in [0, 0.05) is 12.6 Å². The number of ether oxygens (including phenoxy) is 1. The average molecular weight is 262 g/mol. The molecule has 1 rings (SSSR count). The zero-order chi connectivity index (χ0) is 13.8. The molecule has 1 aromatic rings. The Balaban J connectivity index is 2.61. The topological polar surface area (TPSA) is 38.5 Å². The molecule has 102 valence electrons. The van der Waals surface area contributed by atoms with Crippen LogP contribution in [0.5, 0.6) is 5.75 Å². The van der Waals surface area contributed by atoms with Gasteiger partial charge in [-0.25, -0.2) is 0 Å². The molecule has 1 aromatic carbocycles. The molecular formula is C12H17F3N2O. The summed E-state index contributed by atoms with van der Waals surface area (Å²) in [6.07, 6.45) is -4.21. The van der Waals surface area contributed by atoms with Crippen molar-refractivity contribution in [1.29, 1.82) is 0 Å². The zero-order valence-electron chi connectivity index (χ0n) is 10.4. The first kappa shape index (κ1) is 14.8. The normalized spacial score (nSPS) is 13.7. The molecule has 0 bridgehead atoms. The standard InChI is InChI=1S/C12H17F3N2O/c1-17(8-12(13,14)15)7-11(16)9-4-3-5-10(6-9)18-2/h3-6,11H,7-8,16H2,1-2H3. The third kappa shape index (κ3) is 4.93. The minimum absolute atomic E-state index is 0.132. The summed E-state index contributed by atoms with van der Waals surface area (Å²) >= 11 is 0. The smallest absolute Gasteiger partial charge is 0.401 e. The number of nitrogens with zero attached hydrogens (tertiary/aromatic N) is 1. The van der Waals surface area contributed by atoms with Crippen molar-refractivity contribution < 1.29 is 17.9 Å². The van der Waals surface area contributed by atoms with E-state index < -0.39 is 18.8 Å². The second kappa shape index (κ2) is 6.06. The lowest BCUT2D eigenvalue weighted by molar-refractivity contribution is -0.143. The first-order valence-electron chi connectivity index (χ1n) is 5.46. The fourth-order valence-corrected chi connectivity index (χ4v) is 1.68. The van der Waals surface area contributed by atoms with Gasteiger partial charge < -0.3 is 10.5 Å². The monoisotopic (exact) mass is 262 g/mol. The quantitative estimate of drug-likeness (QED) is 0.884. The SMILES string of the molecule is COc1cccc(C(N)CN(C)CC(F)(F)F)c1. The summed E-state index contributed by atoms with van der Waals surface area (Å²) in [7, 11) is 2.92. The summed E-state index contributed by atoms with van der Waals surface area (Å²) < 4.78 is 41.6. The first-order valence-corrected chi connectivity index (χ1v) is 5.46. The summed E-state index contributed by atoms with van der Waals surface area (Å²) in [6, 6.07) is 6.54. The molecule has 2 N–H and O–H groups in total. The molecule has 0 fully saturated rings. The number of nitrogens with two attached hydrogens (primary N) is 1. The van der Waals surface area contributed by atoms with Crippen LogP contribution in [-0.4, -0.2) is 38.3 Å². The summed E-state index contributed by atoms with van der Waals surface area (Å²) in [4.78, 5) is 1.16. The lowest BCUT2D eigenvalue weighted by Gasteiger charge is -2.22. The number of hydrogen-bond donors (Lipinski definition) is 1. The Morgan fingerprint density at radius 2 is 2.06 bits per heavy atom. The predicted octanol–water partition coefficient (Wildman–Crippen LogP) is 2.19. The second-order valence-corrected chi connectivity index (χ2v) is 4.20. The van der Waals surface area contributed by atoms with E-state index >= 15 is 0 Å². The molecule has 0 aliphatic heterocycles. The first-order chi connectivity index (χ1) is 8.31. The molecule has 0 saturated heterocycles. The molecular weight excluding hydrogens is 245 g/mol. The van der Waals surface area contributed by atoms with Crippen molar-refractivity contribution >= 4 is 0 Å². The maximum absolute atomic E-state index is 12.2. The number of benzene rings is 1. The zero-order valence-corrected chi connectivity index (χ0v) is 10.4. The Morgan fingerprint density at radius 3 is 2.61 bits per heavy atom. The van der Waals surface area contributed by atoms with Crippen LogP contribution in [0.1, 0.15) is 11.6 Å². The highest BCUT2D eigenvalue weighted by Gasteiger charge is 2.29. The highest BCUT2D eigenvalue weighted by atomic mass is 19.4. The van der Waals surface area contributed by atoms with Crippen molar-refractivity contribution in [2.45, 2.75) is 12.2 Å². The van der Waals surface area contributed by atoms with E-state index in [1.807, 2.05) is 0 Å². The predicted molar refractivity (Wildman–Crippen MR) is 63.5 cm³/mol. The summed E-state index contributed by atoms with van der Waals surface area (Å²) in [5.74, 6) is 0.640. The number of rotatable bonds is 5. The minimum atomic E-state index is -4.21. The van der Waals surface area contributed by atoms with Crippen LogP contribution in [0.3, 0.4) is 0 Å². The van der Waals surface area contributed by atoms with Crippen molar-refractivity contribution in [3.63, 3.8) is 0 Å². The van der Waals surface area contributed by atoms with Gasteiger partial charge >= 0.3 is 6.18 Å². The maximum atomic E-state index is 12.2. The van der Waals surface area contributed by atoms with Gasteiger partial charge in [0.05, 0.1) is 13.7 Å². The van der Waals surface area contributed by atoms with Crippen molar-refractivity contribution in [1.82, 2.24) is 4.90 Å². The van der Waals surface area contributed by atoms with Crippen LogP contribution in [0.15, 0.2) is 24.3 Å². The molecule has 6 heteroatoms. The van der Waals surface area contributed by atoms with Crippen LogP contribution in [0.2, 0.25) is 0 Å². The Labute approximate surface area is 104 Å². The number of alkyl halides is 3. The molecule has 0 saturated carbocycles. The minimum Gasteiger partial charge on any atom is -0.497 e. The van der Waals surface area contributed by atoms with Crippen LogP contribution in [0.4, 0.5) is 13.2 Å². The van der Waals surface area contributed by atoms with E-state index in [4.69, 9.17) is 10.5 Å². The molecule has 1 atom stereocenters. The molecule has 0 aliphatic carbocycles. The Morgan fingerprint density at radius 1 is 1.39 bits per heavy atom. The molecule has 1 unspecified atom stereocenters. The van der Waals surface area contributed by atoms with Gasteiger partial charge in [-0.1, -0.05) is 12.1 Å². The molecule has 3 nitrogen and oxygen atoms in total. The van der Waals surface area contributed by atoms with Gasteiger partial charge in [0.15, 0.2) is 0 Å². The fourth-order valence-electron chi connectivity index (χ4n) is 1.68. The van der Waals surface area contributed by atoms with Crippen molar-refractivity contribution in [3.05, 3.63) is 29.8 Å². The lowest BCUT2D eigenvalue weighted by Crippen LogP contribution is -2.36. The fraction of sp³-hybridized carbons (Fsp3) is 0.500. The molecule has 0 spiro atoms. The maximum Gasteiger partial charge on any atom is 0.401 e. The lowest BCUT2D eigenvalue weighted by atomic mass is 10.1. The van der Waals surface area contributed by atoms with Gasteiger partial charge in [-0.05, 0) is 24.7 Å². The van der Waals surface area contributed by atoms with Gasteiger partial charge in [-0.3, -0.25) is 4.90 Å². The van der Waals surface area contributed by atoms with E-state index in [1.165, 1.54) is 14.2 Å². The summed E-state index contributed by atoms with van der Waals surface area (Å²) in [5, 5.41) is 0. The Kier molecular flexibility index (Phi) is 4.98. The Hall–Kier alpha value is -1.27. The van der Waals surface area contributed by atoms with Gasteiger partial charge in [0.2, 0.25) is 0 Å². The molecule has 18 heavy (non-hydrogen) atoms. The molecule has 0 heterocycles. The van der Waals surface area contributed by atoms with E-state index in [1.54, 1.807) is 24.3 Å². The highest BCUT2D eigenvalue weighted by molar-refractivity contribution is 5.30. The van der Waals surface area contributed by atoms with E-state index in [2.05, 4.69) is 0 Å². The molecule has 0 aromatic heterocycles. The number of halogens is 3. The van der Waals surface area contributed by atoms with Gasteiger partial charge in [0.25, 0.3) is 0 Å². The summed E-state index contributed by atoms with van der Waals surface area (Å²) in [5.41, 5.74) is 6.63. The molecule has 0 aliphatic rings. The Bertz CT molecular complexity index is 382. The van der Waals surface area contributed by atoms with Crippen LogP contribution < -0.4 is 10.5 Å². The van der Waals surface area contributed by atoms with Crippen molar-refractivity contribution in [2.24, 2.45) is 5.73 Å². The van der Waals surface area contributed by atoms with E-state index in [0.29, 0.717) is 5.75 Å². The van der Waals surface area contributed by atoms with Crippen LogP contribution >= 0.6 is 0 Å². The highest BCUT2D eigenvalue weighted by Crippen LogP contribution is 2.20. The third-order valence-electron chi connectivity index (χ3n) is 2.48. The van der Waals surface area contributed by atoms with E-state index in [9.17, 15) is 13.2 Å². The summed E-state index contributed by atoms with van der Waals surface area (Å²) in [6.45, 7) is -0.836. The number of likely N-dealkylation sites (N-methyl/N-ethyl adjacent to an activating group) is 1. The largest absolute Gasteiger partial charge is 0.497 e. The number of hydrogen-bond acceptors (Lipinski definition) is 3. The van der Waals surface area contributed by atoms with E-state index in [-0.39, 0.29) is 6.54 Å². The van der Waals surface area contributed by atoms with E-state index in [0.717, 1.165) is 10.5 Å². The third-order valence-corrected chi connectivity index (χ3v) is 2.48. The van der Waals surface area contributed by atoms with Crippen molar-refractivity contribution in [2.75, 3.05) is 27.2 Å². The van der Waals surface area contributed by atoms with Gasteiger partial charge in [-0.15, -0.1) is 0 Å². The van der Waals surface area contributed by atoms with Gasteiger partial charge in [-0.2, -0.15) is 13.2 Å². The van der Waals surface area contributed by atoms with Gasteiger partial charge in [0.1, 0.15) is 5.75 Å². The van der Waals surface area contributed by atoms with Crippen LogP contribution in [0.25, 0.3) is 0 Å². The van der Waals surface area contributed by atoms with Crippen LogP contribution in [0, 0.1) is 0 Å². The second-order valence-electron chi connectivity index (χ2n) is 4.20. The van der Waals surface area contributed by atoms with Crippen molar-refractivity contribution in [3.8, 4) is 5.75 Å². The average Bonchev–Trinajstić information content (AvgIpc) is 2.26. The number of methoxy groups -OCH3 is 1. The molecule has 0 amide bonds.